The van der Waals surface area contributed by atoms with Crippen LogP contribution in [-0.4, -0.2) is 83.5 Å². The van der Waals surface area contributed by atoms with Crippen molar-refractivity contribution < 1.29 is 48.7 Å². The van der Waals surface area contributed by atoms with Gasteiger partial charge in [0, 0.05) is 41.1 Å². The number of fused-ring (bicyclic) bond motifs is 3. The lowest BCUT2D eigenvalue weighted by Gasteiger charge is -2.39. The molecule has 1 aromatic heterocycles. The first-order valence-electron chi connectivity index (χ1n) is 17.6. The number of aldehydes is 1. The summed E-state index contributed by atoms with van der Waals surface area (Å²) in [5, 5.41) is 37.6. The third-order valence-corrected chi connectivity index (χ3v) is 11.2. The van der Waals surface area contributed by atoms with Crippen molar-refractivity contribution in [3.05, 3.63) is 69.6 Å². The molecule has 0 radical (unpaired) electrons. The van der Waals surface area contributed by atoms with Crippen LogP contribution >= 0.6 is 0 Å². The second kappa shape index (κ2) is 13.9. The lowest BCUT2D eigenvalue weighted by atomic mass is 9.71. The van der Waals surface area contributed by atoms with Crippen molar-refractivity contribution in [1.29, 1.82) is 0 Å². The molecule has 4 heterocycles. The Labute approximate surface area is 295 Å². The molecule has 1 saturated carbocycles. The number of carbonyl (C=O) groups excluding carboxylic acids is 3. The van der Waals surface area contributed by atoms with E-state index in [4.69, 9.17) is 18.9 Å². The molecule has 0 bridgehead atoms. The van der Waals surface area contributed by atoms with Crippen LogP contribution in [0.25, 0.3) is 16.5 Å². The molecule has 12 heteroatoms. The third kappa shape index (κ3) is 5.84. The number of aliphatic hydroxyl groups is 3. The number of esters is 1. The van der Waals surface area contributed by atoms with Gasteiger partial charge in [-0.3, -0.25) is 9.59 Å². The zero-order valence-electron chi connectivity index (χ0n) is 29.0. The first-order chi connectivity index (χ1) is 24.7. The number of carbonyl (C=O) groups is 3. The number of ether oxygens (including phenoxy) is 4. The Morgan fingerprint density at radius 1 is 1.12 bits per heavy atom. The Morgan fingerprint density at radius 2 is 1.90 bits per heavy atom. The fourth-order valence-electron chi connectivity index (χ4n) is 8.47. The lowest BCUT2D eigenvalue weighted by molar-refractivity contribution is -0.141. The highest BCUT2D eigenvalue weighted by atomic mass is 16.6. The fourth-order valence-corrected chi connectivity index (χ4v) is 8.47. The van der Waals surface area contributed by atoms with Crippen molar-refractivity contribution in [3.63, 3.8) is 0 Å². The van der Waals surface area contributed by atoms with Crippen molar-refractivity contribution in [2.45, 2.75) is 70.2 Å². The summed E-state index contributed by atoms with van der Waals surface area (Å²) in [5.74, 6) is -2.18. The van der Waals surface area contributed by atoms with Crippen molar-refractivity contribution in [2.24, 2.45) is 11.8 Å². The summed E-state index contributed by atoms with van der Waals surface area (Å²) >= 11 is 0. The summed E-state index contributed by atoms with van der Waals surface area (Å²) in [7, 11) is 1.48. The third-order valence-electron chi connectivity index (χ3n) is 11.2. The number of nitrogens with one attached hydrogen (secondary N) is 2. The van der Waals surface area contributed by atoms with Gasteiger partial charge in [-0.2, -0.15) is 0 Å². The molecular weight excluding hydrogens is 656 g/mol. The number of rotatable bonds is 9. The number of piperidine rings is 1. The normalized spacial score (nSPS) is 24.7. The maximum Gasteiger partial charge on any atom is 0.375 e. The van der Waals surface area contributed by atoms with Crippen LogP contribution in [0.4, 0.5) is 0 Å². The number of hydrogen-bond donors (Lipinski definition) is 5. The molecule has 0 spiro atoms. The molecule has 270 valence electrons. The standard InChI is InChI=1S/C39H44N2O10/c1-4-49-38(46)37-27(18-43)31(22-14-23(17-42)33(45)25(15-22)20-5-6-29-21(13-20)7-12-41-29)32-35(48-3)26-16-30(39(2,47)24-8-10-40-11-9-24)50-34(26)28(19-44)36(32)51-37/h5-7,12-13,18,23-25,30,40-42,44,47H,4,8-11,14-17,19H2,1-3H3/b31-22-/t23-,25-,30+,39-/m1/s1. The van der Waals surface area contributed by atoms with E-state index in [9.17, 15) is 29.7 Å². The SMILES string of the molecule is CCOC(=O)C1=C(C=O)/C(=C2\C[C@H](CO)C(=O)[C@@H](c3ccc4[nH]ccc4c3)C2)c2c(OC)c3c(c(CO)c2O1)O[C@H]([C@](C)(O)C1CCNCC1)C3. The number of aromatic nitrogens is 1. The van der Waals surface area contributed by atoms with Gasteiger partial charge in [-0.25, -0.2) is 4.79 Å². The zero-order valence-corrected chi connectivity index (χ0v) is 29.0. The maximum atomic E-state index is 13.9. The summed E-state index contributed by atoms with van der Waals surface area (Å²) in [6, 6.07) is 7.65. The first kappa shape index (κ1) is 34.9. The number of ketones is 1. The topological polar surface area (TPSA) is 177 Å². The lowest BCUT2D eigenvalue weighted by Crippen LogP contribution is -2.51. The van der Waals surface area contributed by atoms with E-state index in [1.54, 1.807) is 13.8 Å². The van der Waals surface area contributed by atoms with Crippen LogP contribution < -0.4 is 19.5 Å². The minimum absolute atomic E-state index is 0.0122. The van der Waals surface area contributed by atoms with E-state index in [2.05, 4.69) is 10.3 Å². The molecule has 2 aromatic carbocycles. The van der Waals surface area contributed by atoms with Crippen LogP contribution in [0.15, 0.2) is 47.4 Å². The number of H-pyrrole nitrogens is 1. The molecule has 2 fully saturated rings. The highest BCUT2D eigenvalue weighted by molar-refractivity contribution is 6.11. The minimum atomic E-state index is -1.23. The molecule has 0 unspecified atom stereocenters. The van der Waals surface area contributed by atoms with E-state index in [1.807, 2.05) is 30.5 Å². The van der Waals surface area contributed by atoms with Gasteiger partial charge in [-0.15, -0.1) is 0 Å². The molecule has 4 aliphatic rings. The van der Waals surface area contributed by atoms with Crippen LogP contribution in [0.2, 0.25) is 0 Å². The monoisotopic (exact) mass is 700 g/mol. The number of benzene rings is 2. The highest BCUT2D eigenvalue weighted by Crippen LogP contribution is 2.57. The molecule has 12 nitrogen and oxygen atoms in total. The van der Waals surface area contributed by atoms with E-state index in [-0.39, 0.29) is 60.2 Å². The molecule has 3 aliphatic heterocycles. The summed E-state index contributed by atoms with van der Waals surface area (Å²) < 4.78 is 24.2. The second-order valence-electron chi connectivity index (χ2n) is 14.0. The van der Waals surface area contributed by atoms with Crippen molar-refractivity contribution in [2.75, 3.05) is 33.4 Å². The zero-order chi connectivity index (χ0) is 36.0. The summed E-state index contributed by atoms with van der Waals surface area (Å²) in [6.07, 6.45) is 3.75. The number of aromatic amines is 1. The van der Waals surface area contributed by atoms with Gasteiger partial charge < -0.3 is 44.6 Å². The van der Waals surface area contributed by atoms with Gasteiger partial charge in [-0.05, 0) is 87.7 Å². The number of methoxy groups -OCH3 is 1. The van der Waals surface area contributed by atoms with E-state index in [0.29, 0.717) is 40.1 Å². The molecule has 5 N–H and O–H groups in total. The summed E-state index contributed by atoms with van der Waals surface area (Å²) in [5.41, 5.74) is 2.49. The molecule has 1 saturated heterocycles. The Kier molecular flexibility index (Phi) is 9.53. The molecule has 3 aromatic rings. The Bertz CT molecular complexity index is 1950. The fraction of sp³-hybridized carbons (Fsp3) is 0.462. The molecule has 4 atom stereocenters. The van der Waals surface area contributed by atoms with Crippen LogP contribution in [0.5, 0.6) is 17.2 Å². The average molecular weight is 701 g/mol. The maximum absolute atomic E-state index is 13.9. The van der Waals surface area contributed by atoms with E-state index >= 15 is 0 Å². The van der Waals surface area contributed by atoms with E-state index < -0.39 is 42.7 Å². The van der Waals surface area contributed by atoms with Crippen LogP contribution in [-0.2, 0) is 32.1 Å². The Hall–Kier alpha value is -4.49. The Balaban J connectivity index is 1.44. The van der Waals surface area contributed by atoms with Crippen LogP contribution in [0.3, 0.4) is 0 Å². The molecule has 1 aliphatic carbocycles. The first-order valence-corrected chi connectivity index (χ1v) is 17.6. The van der Waals surface area contributed by atoms with E-state index in [0.717, 1.165) is 42.4 Å². The number of aliphatic hydroxyl groups excluding tert-OH is 2. The summed E-state index contributed by atoms with van der Waals surface area (Å²) in [4.78, 5) is 43.6. The molecule has 51 heavy (non-hydrogen) atoms. The van der Waals surface area contributed by atoms with Gasteiger partial charge in [0.05, 0.1) is 43.6 Å². The number of hydrogen-bond acceptors (Lipinski definition) is 11. The summed E-state index contributed by atoms with van der Waals surface area (Å²) in [6.45, 7) is 4.01. The Morgan fingerprint density at radius 3 is 2.59 bits per heavy atom. The highest BCUT2D eigenvalue weighted by Gasteiger charge is 2.49. The molecule has 7 rings (SSSR count). The smallest absolute Gasteiger partial charge is 0.375 e. The predicted octanol–water partition coefficient (Wildman–Crippen LogP) is 3.64. The van der Waals surface area contributed by atoms with Gasteiger partial charge in [0.1, 0.15) is 34.7 Å². The van der Waals surface area contributed by atoms with Gasteiger partial charge in [-0.1, -0.05) is 11.6 Å². The number of allylic oxidation sites excluding steroid dienone is 3. The second-order valence-corrected chi connectivity index (χ2v) is 14.0. The number of Topliss-reactive ketones (excluding diaryl/α,β-unsaturated/α-hetero) is 1. The van der Waals surface area contributed by atoms with E-state index in [1.165, 1.54) is 7.11 Å². The van der Waals surface area contributed by atoms with Crippen LogP contribution in [0.1, 0.15) is 67.7 Å². The van der Waals surface area contributed by atoms with Gasteiger partial charge in [0.25, 0.3) is 0 Å². The molecule has 0 amide bonds. The van der Waals surface area contributed by atoms with Crippen LogP contribution in [0, 0.1) is 11.8 Å². The van der Waals surface area contributed by atoms with Gasteiger partial charge in [0.15, 0.2) is 6.29 Å². The van der Waals surface area contributed by atoms with Crippen molar-refractivity contribution >= 4 is 34.5 Å². The van der Waals surface area contributed by atoms with Crippen molar-refractivity contribution in [1.82, 2.24) is 10.3 Å². The largest absolute Gasteiger partial charge is 0.496 e. The van der Waals surface area contributed by atoms with Crippen molar-refractivity contribution in [3.8, 4) is 17.2 Å². The van der Waals surface area contributed by atoms with Gasteiger partial charge >= 0.3 is 5.97 Å². The average Bonchev–Trinajstić information content (AvgIpc) is 3.81. The quantitative estimate of drug-likeness (QED) is 0.163. The molecular formula is C39H44N2O10. The van der Waals surface area contributed by atoms with Gasteiger partial charge in [0.2, 0.25) is 5.76 Å². The predicted molar refractivity (Wildman–Crippen MR) is 186 cm³/mol. The minimum Gasteiger partial charge on any atom is -0.496 e.